The number of likely N-dealkylation sites (tertiary alicyclic amines) is 1. The highest BCUT2D eigenvalue weighted by Crippen LogP contribution is 2.41. The fourth-order valence-electron chi connectivity index (χ4n) is 3.59. The lowest BCUT2D eigenvalue weighted by atomic mass is 9.99. The molecule has 1 aliphatic carbocycles. The molecule has 136 valence electrons. The Labute approximate surface area is 151 Å². The summed E-state index contributed by atoms with van der Waals surface area (Å²) in [5, 5.41) is 16.6. The van der Waals surface area contributed by atoms with Crippen molar-refractivity contribution in [2.75, 3.05) is 13.1 Å². The molecule has 0 spiro atoms. The number of urea groups is 1. The van der Waals surface area contributed by atoms with Crippen LogP contribution >= 0.6 is 0 Å². The molecule has 2 aliphatic rings. The van der Waals surface area contributed by atoms with Gasteiger partial charge in [0.25, 0.3) is 0 Å². The lowest BCUT2D eigenvalue weighted by Gasteiger charge is -2.30. The Morgan fingerprint density at radius 2 is 2.04 bits per heavy atom. The number of carbonyl (C=O) groups is 2. The molecule has 7 heteroatoms. The van der Waals surface area contributed by atoms with Crippen molar-refractivity contribution in [1.82, 2.24) is 20.0 Å². The smallest absolute Gasteiger partial charge is 0.317 e. The van der Waals surface area contributed by atoms with Crippen molar-refractivity contribution < 1.29 is 14.7 Å². The Kier molecular flexibility index (Phi) is 4.36. The number of aliphatic carboxylic acids is 1. The molecule has 1 saturated carbocycles. The minimum absolute atomic E-state index is 0.0983. The SMILES string of the molecule is O=C(O)C1CCCN(C(=O)N[C@@H]2C[C@H]2c2cnn(-c3ccccc3)c2)C1. The van der Waals surface area contributed by atoms with Gasteiger partial charge in [0.05, 0.1) is 17.8 Å². The molecular formula is C19H22N4O3. The minimum Gasteiger partial charge on any atom is -0.481 e. The van der Waals surface area contributed by atoms with E-state index in [-0.39, 0.29) is 18.0 Å². The number of rotatable bonds is 4. The second-order valence-corrected chi connectivity index (χ2v) is 7.08. The first-order valence-corrected chi connectivity index (χ1v) is 9.00. The van der Waals surface area contributed by atoms with Gasteiger partial charge in [0.15, 0.2) is 0 Å². The highest BCUT2D eigenvalue weighted by molar-refractivity contribution is 5.77. The topological polar surface area (TPSA) is 87.5 Å². The number of piperidine rings is 1. The van der Waals surface area contributed by atoms with Gasteiger partial charge in [-0.2, -0.15) is 5.10 Å². The molecule has 2 amide bonds. The van der Waals surface area contributed by atoms with Crippen molar-refractivity contribution in [3.8, 4) is 5.69 Å². The van der Waals surface area contributed by atoms with E-state index in [1.54, 1.807) is 4.90 Å². The summed E-state index contributed by atoms with van der Waals surface area (Å²) in [7, 11) is 0. The molecule has 1 saturated heterocycles. The van der Waals surface area contributed by atoms with E-state index >= 15 is 0 Å². The van der Waals surface area contributed by atoms with Crippen molar-refractivity contribution in [3.63, 3.8) is 0 Å². The van der Waals surface area contributed by atoms with Gasteiger partial charge in [-0.15, -0.1) is 0 Å². The summed E-state index contributed by atoms with van der Waals surface area (Å²) in [5.41, 5.74) is 2.12. The molecule has 0 radical (unpaired) electrons. The predicted octanol–water partition coefficient (Wildman–Crippen LogP) is 2.23. The molecule has 1 unspecified atom stereocenters. The van der Waals surface area contributed by atoms with Crippen LogP contribution in [0.1, 0.15) is 30.7 Å². The largest absolute Gasteiger partial charge is 0.481 e. The number of hydrogen-bond acceptors (Lipinski definition) is 3. The predicted molar refractivity (Wildman–Crippen MR) is 95.2 cm³/mol. The number of carbonyl (C=O) groups excluding carboxylic acids is 1. The van der Waals surface area contributed by atoms with Crippen LogP contribution in [0.25, 0.3) is 5.69 Å². The van der Waals surface area contributed by atoms with E-state index in [0.29, 0.717) is 19.5 Å². The third-order valence-corrected chi connectivity index (χ3v) is 5.21. The number of carboxylic acids is 1. The van der Waals surface area contributed by atoms with Gasteiger partial charge in [0.1, 0.15) is 0 Å². The second-order valence-electron chi connectivity index (χ2n) is 7.08. The van der Waals surface area contributed by atoms with Crippen LogP contribution in [0, 0.1) is 5.92 Å². The number of carboxylic acid groups (broad SMARTS) is 1. The maximum Gasteiger partial charge on any atom is 0.317 e. The number of para-hydroxylation sites is 1. The van der Waals surface area contributed by atoms with Crippen LogP contribution in [0.3, 0.4) is 0 Å². The molecule has 7 nitrogen and oxygen atoms in total. The van der Waals surface area contributed by atoms with Crippen LogP contribution < -0.4 is 5.32 Å². The molecule has 2 N–H and O–H groups in total. The first kappa shape index (κ1) is 16.6. The van der Waals surface area contributed by atoms with E-state index in [4.69, 9.17) is 5.11 Å². The summed E-state index contributed by atoms with van der Waals surface area (Å²) < 4.78 is 1.84. The van der Waals surface area contributed by atoms with Gasteiger partial charge in [-0.05, 0) is 37.0 Å². The number of benzene rings is 1. The zero-order valence-corrected chi connectivity index (χ0v) is 14.4. The van der Waals surface area contributed by atoms with Gasteiger partial charge in [0, 0.05) is 31.2 Å². The molecule has 4 rings (SSSR count). The van der Waals surface area contributed by atoms with Gasteiger partial charge < -0.3 is 15.3 Å². The lowest BCUT2D eigenvalue weighted by Crippen LogP contribution is -2.47. The molecule has 2 fully saturated rings. The molecule has 0 bridgehead atoms. The third kappa shape index (κ3) is 3.42. The quantitative estimate of drug-likeness (QED) is 0.881. The van der Waals surface area contributed by atoms with Gasteiger partial charge >= 0.3 is 12.0 Å². The summed E-state index contributed by atoms with van der Waals surface area (Å²) in [5.74, 6) is -0.995. The Morgan fingerprint density at radius 3 is 2.81 bits per heavy atom. The van der Waals surface area contributed by atoms with Gasteiger partial charge in [0.2, 0.25) is 0 Å². The number of nitrogens with one attached hydrogen (secondary N) is 1. The van der Waals surface area contributed by atoms with E-state index in [1.807, 2.05) is 47.4 Å². The van der Waals surface area contributed by atoms with E-state index in [2.05, 4.69) is 10.4 Å². The molecule has 2 heterocycles. The van der Waals surface area contributed by atoms with E-state index in [0.717, 1.165) is 24.1 Å². The Bertz CT molecular complexity index is 804. The van der Waals surface area contributed by atoms with Crippen LogP contribution in [-0.2, 0) is 4.79 Å². The van der Waals surface area contributed by atoms with Crippen molar-refractivity contribution in [3.05, 3.63) is 48.3 Å². The maximum absolute atomic E-state index is 12.4. The monoisotopic (exact) mass is 354 g/mol. The molecule has 3 atom stereocenters. The fourth-order valence-corrected chi connectivity index (χ4v) is 3.59. The summed E-state index contributed by atoms with van der Waals surface area (Å²) in [4.78, 5) is 25.2. The van der Waals surface area contributed by atoms with Crippen LogP contribution in [0.4, 0.5) is 4.79 Å². The van der Waals surface area contributed by atoms with Crippen LogP contribution in [0.5, 0.6) is 0 Å². The second kappa shape index (κ2) is 6.82. The number of nitrogens with zero attached hydrogens (tertiary/aromatic N) is 3. The van der Waals surface area contributed by atoms with Gasteiger partial charge in [-0.1, -0.05) is 18.2 Å². The fraction of sp³-hybridized carbons (Fsp3) is 0.421. The summed E-state index contributed by atoms with van der Waals surface area (Å²) >= 11 is 0. The van der Waals surface area contributed by atoms with Crippen molar-refractivity contribution in [1.29, 1.82) is 0 Å². The van der Waals surface area contributed by atoms with Crippen molar-refractivity contribution in [2.24, 2.45) is 5.92 Å². The first-order chi connectivity index (χ1) is 12.6. The average Bonchev–Trinajstić information content (AvgIpc) is 3.25. The Balaban J connectivity index is 1.34. The Morgan fingerprint density at radius 1 is 1.23 bits per heavy atom. The summed E-state index contributed by atoms with van der Waals surface area (Å²) in [6.07, 6.45) is 6.13. The minimum atomic E-state index is -0.819. The van der Waals surface area contributed by atoms with Crippen molar-refractivity contribution >= 4 is 12.0 Å². The van der Waals surface area contributed by atoms with Crippen LogP contribution in [0.15, 0.2) is 42.7 Å². The maximum atomic E-state index is 12.4. The van der Waals surface area contributed by atoms with E-state index in [1.165, 1.54) is 0 Å². The molecule has 2 aromatic rings. The van der Waals surface area contributed by atoms with E-state index < -0.39 is 11.9 Å². The zero-order chi connectivity index (χ0) is 18.1. The van der Waals surface area contributed by atoms with Crippen LogP contribution in [0.2, 0.25) is 0 Å². The summed E-state index contributed by atoms with van der Waals surface area (Å²) in [6, 6.07) is 9.85. The van der Waals surface area contributed by atoms with Crippen molar-refractivity contribution in [2.45, 2.75) is 31.2 Å². The third-order valence-electron chi connectivity index (χ3n) is 5.21. The standard InChI is InChI=1S/C19H22N4O3/c24-18(25)13-5-4-8-22(11-13)19(26)21-17-9-16(17)14-10-20-23(12-14)15-6-2-1-3-7-15/h1-3,6-7,10,12-13,16-17H,4-5,8-9,11H2,(H,21,26)(H,24,25)/t13?,16-,17+/m0/s1. The van der Waals surface area contributed by atoms with Crippen LogP contribution in [-0.4, -0.2) is 50.9 Å². The highest BCUT2D eigenvalue weighted by atomic mass is 16.4. The number of amides is 2. The Hall–Kier alpha value is -2.83. The molecule has 1 aromatic heterocycles. The van der Waals surface area contributed by atoms with Gasteiger partial charge in [-0.3, -0.25) is 4.79 Å². The summed E-state index contributed by atoms with van der Waals surface area (Å²) in [6.45, 7) is 0.920. The lowest BCUT2D eigenvalue weighted by molar-refractivity contribution is -0.143. The normalized spacial score (nSPS) is 24.9. The molecule has 1 aromatic carbocycles. The number of aromatic nitrogens is 2. The molecule has 1 aliphatic heterocycles. The number of hydrogen-bond donors (Lipinski definition) is 2. The first-order valence-electron chi connectivity index (χ1n) is 9.00. The highest BCUT2D eigenvalue weighted by Gasteiger charge is 2.41. The van der Waals surface area contributed by atoms with Gasteiger partial charge in [-0.25, -0.2) is 9.48 Å². The molecular weight excluding hydrogens is 332 g/mol. The van der Waals surface area contributed by atoms with E-state index in [9.17, 15) is 9.59 Å². The zero-order valence-electron chi connectivity index (χ0n) is 14.4. The average molecular weight is 354 g/mol. The molecule has 26 heavy (non-hydrogen) atoms.